The molecule has 1 amide bonds. The first-order chi connectivity index (χ1) is 10.7. The number of unbranched alkanes of at least 4 members (excludes halogenated alkanes) is 2. The fraction of sp³-hybridized carbons (Fsp3) is 0.412. The van der Waals surface area contributed by atoms with Gasteiger partial charge in [-0.3, -0.25) is 4.79 Å². The van der Waals surface area contributed by atoms with Crippen LogP contribution in [0.3, 0.4) is 0 Å². The third kappa shape index (κ3) is 4.84. The summed E-state index contributed by atoms with van der Waals surface area (Å²) in [4.78, 5) is 16.3. The summed E-state index contributed by atoms with van der Waals surface area (Å²) in [5.41, 5.74) is 2.86. The van der Waals surface area contributed by atoms with Gasteiger partial charge in [-0.05, 0) is 25.5 Å². The van der Waals surface area contributed by atoms with Gasteiger partial charge in [0.05, 0.1) is 5.69 Å². The number of nitrogens with one attached hydrogen (secondary N) is 2. The minimum atomic E-state index is 0.0873. The molecule has 0 bridgehead atoms. The third-order valence-electron chi connectivity index (χ3n) is 3.30. The second-order valence-electron chi connectivity index (χ2n) is 5.15. The lowest BCUT2D eigenvalue weighted by molar-refractivity contribution is -0.116. The summed E-state index contributed by atoms with van der Waals surface area (Å²) in [5.74, 6) is 0.0873. The van der Waals surface area contributed by atoms with Crippen LogP contribution < -0.4 is 10.6 Å². The Morgan fingerprint density at radius 2 is 1.95 bits per heavy atom. The predicted molar refractivity (Wildman–Crippen MR) is 94.5 cm³/mol. The van der Waals surface area contributed by atoms with Gasteiger partial charge < -0.3 is 10.6 Å². The molecule has 0 fully saturated rings. The largest absolute Gasteiger partial charge is 0.362 e. The van der Waals surface area contributed by atoms with Gasteiger partial charge in [-0.15, -0.1) is 11.3 Å². The topological polar surface area (TPSA) is 54.0 Å². The van der Waals surface area contributed by atoms with Gasteiger partial charge in [0, 0.05) is 29.6 Å². The first-order valence-corrected chi connectivity index (χ1v) is 8.70. The summed E-state index contributed by atoms with van der Waals surface area (Å²) < 4.78 is 0. The lowest BCUT2D eigenvalue weighted by Gasteiger charge is -2.05. The van der Waals surface area contributed by atoms with Crippen molar-refractivity contribution in [2.45, 2.75) is 39.5 Å². The Balaban J connectivity index is 1.93. The Kier molecular flexibility index (Phi) is 6.40. The number of anilines is 2. The first-order valence-electron chi connectivity index (χ1n) is 7.82. The molecule has 22 heavy (non-hydrogen) atoms. The highest BCUT2D eigenvalue weighted by Crippen LogP contribution is 2.25. The van der Waals surface area contributed by atoms with E-state index in [0.717, 1.165) is 47.9 Å². The fourth-order valence-electron chi connectivity index (χ4n) is 2.12. The molecule has 0 radical (unpaired) electrons. The highest BCUT2D eigenvalue weighted by Gasteiger charge is 2.05. The molecule has 2 N–H and O–H groups in total. The normalized spacial score (nSPS) is 10.5. The number of thiazole rings is 1. The van der Waals surface area contributed by atoms with E-state index in [0.29, 0.717) is 6.42 Å². The van der Waals surface area contributed by atoms with Crippen molar-refractivity contribution in [1.82, 2.24) is 4.98 Å². The molecule has 0 aliphatic rings. The zero-order valence-corrected chi connectivity index (χ0v) is 14.0. The van der Waals surface area contributed by atoms with Crippen LogP contribution in [0.5, 0.6) is 0 Å². The van der Waals surface area contributed by atoms with Gasteiger partial charge in [-0.25, -0.2) is 4.98 Å². The molecule has 0 aliphatic carbocycles. The van der Waals surface area contributed by atoms with E-state index >= 15 is 0 Å². The Morgan fingerprint density at radius 3 is 2.64 bits per heavy atom. The van der Waals surface area contributed by atoms with E-state index in [-0.39, 0.29) is 5.91 Å². The van der Waals surface area contributed by atoms with Gasteiger partial charge >= 0.3 is 0 Å². The van der Waals surface area contributed by atoms with Gasteiger partial charge in [0.1, 0.15) is 0 Å². The summed E-state index contributed by atoms with van der Waals surface area (Å²) in [6.45, 7) is 5.06. The number of carbonyl (C=O) groups is 1. The van der Waals surface area contributed by atoms with E-state index in [4.69, 9.17) is 0 Å². The molecule has 2 aromatic rings. The van der Waals surface area contributed by atoms with Crippen molar-refractivity contribution in [2.24, 2.45) is 0 Å². The maximum Gasteiger partial charge on any atom is 0.224 e. The van der Waals surface area contributed by atoms with E-state index < -0.39 is 0 Å². The molecular formula is C17H23N3OS. The maximum absolute atomic E-state index is 11.8. The van der Waals surface area contributed by atoms with Crippen molar-refractivity contribution in [3.05, 3.63) is 29.6 Å². The van der Waals surface area contributed by atoms with Crippen molar-refractivity contribution >= 4 is 28.1 Å². The van der Waals surface area contributed by atoms with Gasteiger partial charge in [-0.1, -0.05) is 31.9 Å². The number of rotatable bonds is 8. The number of benzene rings is 1. The smallest absolute Gasteiger partial charge is 0.224 e. The Morgan fingerprint density at radius 1 is 1.18 bits per heavy atom. The van der Waals surface area contributed by atoms with Crippen molar-refractivity contribution in [2.75, 3.05) is 17.2 Å². The van der Waals surface area contributed by atoms with Crippen LogP contribution in [-0.4, -0.2) is 17.4 Å². The summed E-state index contributed by atoms with van der Waals surface area (Å²) in [6, 6.07) is 7.84. The molecule has 5 heteroatoms. The minimum Gasteiger partial charge on any atom is -0.362 e. The molecule has 0 atom stereocenters. The summed E-state index contributed by atoms with van der Waals surface area (Å²) in [7, 11) is 0. The number of carbonyl (C=O) groups excluding carboxylic acids is 1. The number of amides is 1. The SMILES string of the molecule is CCCCCC(=O)Nc1ccc(-c2csc(NCC)n2)cc1. The summed E-state index contributed by atoms with van der Waals surface area (Å²) in [5, 5.41) is 9.12. The first kappa shape index (κ1) is 16.5. The van der Waals surface area contributed by atoms with E-state index in [1.54, 1.807) is 11.3 Å². The zero-order valence-electron chi connectivity index (χ0n) is 13.2. The maximum atomic E-state index is 11.8. The van der Waals surface area contributed by atoms with Gasteiger partial charge in [0.25, 0.3) is 0 Å². The highest BCUT2D eigenvalue weighted by molar-refractivity contribution is 7.14. The predicted octanol–water partition coefficient (Wildman–Crippen LogP) is 4.76. The average Bonchev–Trinajstić information content (AvgIpc) is 2.97. The third-order valence-corrected chi connectivity index (χ3v) is 4.10. The number of hydrogen-bond donors (Lipinski definition) is 2. The summed E-state index contributed by atoms with van der Waals surface area (Å²) >= 11 is 1.60. The van der Waals surface area contributed by atoms with Crippen LogP contribution in [0.1, 0.15) is 39.5 Å². The molecule has 118 valence electrons. The average molecular weight is 317 g/mol. The zero-order chi connectivity index (χ0) is 15.8. The van der Waals surface area contributed by atoms with Gasteiger partial charge in [0.2, 0.25) is 5.91 Å². The molecule has 1 aromatic carbocycles. The van der Waals surface area contributed by atoms with E-state index in [1.807, 2.05) is 29.6 Å². The molecule has 0 saturated heterocycles. The van der Waals surface area contributed by atoms with Crippen molar-refractivity contribution in [3.8, 4) is 11.3 Å². The lowest BCUT2D eigenvalue weighted by Crippen LogP contribution is -2.10. The number of aromatic nitrogens is 1. The highest BCUT2D eigenvalue weighted by atomic mass is 32.1. The van der Waals surface area contributed by atoms with Crippen LogP contribution in [0.25, 0.3) is 11.3 Å². The van der Waals surface area contributed by atoms with Crippen LogP contribution in [-0.2, 0) is 4.79 Å². The number of nitrogens with zero attached hydrogens (tertiary/aromatic N) is 1. The van der Waals surface area contributed by atoms with E-state index in [1.165, 1.54) is 0 Å². The standard InChI is InChI=1S/C17H23N3OS/c1-3-5-6-7-16(21)19-14-10-8-13(9-11-14)15-12-22-17(20-15)18-4-2/h8-12H,3-7H2,1-2H3,(H,18,20)(H,19,21). The van der Waals surface area contributed by atoms with Crippen LogP contribution >= 0.6 is 11.3 Å². The van der Waals surface area contributed by atoms with Crippen LogP contribution in [0.2, 0.25) is 0 Å². The van der Waals surface area contributed by atoms with Crippen LogP contribution in [0, 0.1) is 0 Å². The molecule has 0 unspecified atom stereocenters. The van der Waals surface area contributed by atoms with E-state index in [2.05, 4.69) is 29.5 Å². The second-order valence-corrected chi connectivity index (χ2v) is 6.01. The Labute approximate surface area is 136 Å². The van der Waals surface area contributed by atoms with Crippen molar-refractivity contribution in [3.63, 3.8) is 0 Å². The monoisotopic (exact) mass is 317 g/mol. The van der Waals surface area contributed by atoms with Crippen molar-refractivity contribution in [1.29, 1.82) is 0 Å². The van der Waals surface area contributed by atoms with Crippen LogP contribution in [0.15, 0.2) is 29.6 Å². The minimum absolute atomic E-state index is 0.0873. The molecule has 0 saturated carbocycles. The van der Waals surface area contributed by atoms with Gasteiger partial charge in [0.15, 0.2) is 5.13 Å². The molecule has 0 aliphatic heterocycles. The molecular weight excluding hydrogens is 294 g/mol. The summed E-state index contributed by atoms with van der Waals surface area (Å²) in [6.07, 6.45) is 3.77. The fourth-order valence-corrected chi connectivity index (χ4v) is 2.91. The molecule has 0 spiro atoms. The molecule has 2 rings (SSSR count). The Hall–Kier alpha value is -1.88. The quantitative estimate of drug-likeness (QED) is 0.690. The number of hydrogen-bond acceptors (Lipinski definition) is 4. The lowest BCUT2D eigenvalue weighted by atomic mass is 10.1. The molecule has 1 heterocycles. The van der Waals surface area contributed by atoms with E-state index in [9.17, 15) is 4.79 Å². The second kappa shape index (κ2) is 8.54. The Bertz CT molecular complexity index is 592. The molecule has 4 nitrogen and oxygen atoms in total. The van der Waals surface area contributed by atoms with Crippen LogP contribution in [0.4, 0.5) is 10.8 Å². The molecule has 1 aromatic heterocycles. The van der Waals surface area contributed by atoms with Crippen molar-refractivity contribution < 1.29 is 4.79 Å². The van der Waals surface area contributed by atoms with Gasteiger partial charge in [-0.2, -0.15) is 0 Å².